The van der Waals surface area contributed by atoms with Gasteiger partial charge in [-0.05, 0) is 118 Å². The van der Waals surface area contributed by atoms with E-state index >= 15 is 0 Å². The topological polar surface area (TPSA) is 13.1 Å². The van der Waals surface area contributed by atoms with Crippen LogP contribution in [0.1, 0.15) is 11.0 Å². The number of rotatable bonds is 6. The molecule has 61 heavy (non-hydrogen) atoms. The molecule has 0 fully saturated rings. The smallest absolute Gasteiger partial charge is 0.136 e. The second-order valence-electron chi connectivity index (χ2n) is 15.3. The summed E-state index contributed by atoms with van der Waals surface area (Å²) in [5.41, 5.74) is 10.2. The summed E-state index contributed by atoms with van der Waals surface area (Å²) in [6.45, 7) is 0. The van der Waals surface area contributed by atoms with E-state index in [1.165, 1.54) is 0 Å². The van der Waals surface area contributed by atoms with E-state index in [9.17, 15) is 5.48 Å². The number of para-hydroxylation sites is 1. The third-order valence-electron chi connectivity index (χ3n) is 11.9. The Kier molecular flexibility index (Phi) is 6.51. The number of hydrogen-bond acceptors (Lipinski definition) is 1. The zero-order valence-electron chi connectivity index (χ0n) is 40.7. The van der Waals surface area contributed by atoms with Crippen molar-refractivity contribution in [2.45, 2.75) is 0 Å². The Balaban J connectivity index is 1.08. The maximum Gasteiger partial charge on any atom is 0.136 e. The molecule has 1 nitrogen and oxygen atoms in total. The minimum atomic E-state index is -0.407. The first-order chi connectivity index (χ1) is 33.6. The molecule has 1 aromatic heterocycles. The van der Waals surface area contributed by atoms with Crippen LogP contribution in [0.3, 0.4) is 0 Å². The zero-order valence-corrected chi connectivity index (χ0v) is 32.7. The molecule has 0 atom stereocenters. The second kappa shape index (κ2) is 14.4. The minimum absolute atomic E-state index is 0.0104. The van der Waals surface area contributed by atoms with Crippen molar-refractivity contribution in [2.24, 2.45) is 0 Å². The summed E-state index contributed by atoms with van der Waals surface area (Å²) < 4.78 is 79.4. The van der Waals surface area contributed by atoms with Gasteiger partial charge in [-0.25, -0.2) is 0 Å². The van der Waals surface area contributed by atoms with Gasteiger partial charge in [0.05, 0.1) is 11.0 Å². The Morgan fingerprint density at radius 1 is 0.295 bits per heavy atom. The highest BCUT2D eigenvalue weighted by Crippen LogP contribution is 2.47. The molecule has 11 aromatic carbocycles. The predicted molar refractivity (Wildman–Crippen MR) is 259 cm³/mol. The first-order valence-corrected chi connectivity index (χ1v) is 20.3. The van der Waals surface area contributed by atoms with E-state index in [-0.39, 0.29) is 58.4 Å². The van der Waals surface area contributed by atoms with E-state index < -0.39 is 12.1 Å². The van der Waals surface area contributed by atoms with Crippen molar-refractivity contribution in [2.75, 3.05) is 0 Å². The molecule has 0 saturated carbocycles. The molecule has 0 aliphatic rings. The summed E-state index contributed by atoms with van der Waals surface area (Å²) in [6, 6.07) is 58.7. The summed E-state index contributed by atoms with van der Waals surface area (Å²) in [5.74, 6) is 0. The zero-order chi connectivity index (χ0) is 47.2. The van der Waals surface area contributed by atoms with Gasteiger partial charge in [-0.2, -0.15) is 0 Å². The average Bonchev–Trinajstić information content (AvgIpc) is 3.80. The summed E-state index contributed by atoms with van der Waals surface area (Å²) >= 11 is 0. The van der Waals surface area contributed by atoms with Gasteiger partial charge in [0.2, 0.25) is 0 Å². The van der Waals surface area contributed by atoms with E-state index in [4.69, 9.17) is 9.90 Å². The van der Waals surface area contributed by atoms with Crippen LogP contribution in [0.5, 0.6) is 0 Å². The van der Waals surface area contributed by atoms with Crippen molar-refractivity contribution in [3.63, 3.8) is 0 Å². The van der Waals surface area contributed by atoms with Gasteiger partial charge in [-0.3, -0.25) is 0 Å². The summed E-state index contributed by atoms with van der Waals surface area (Å²) in [4.78, 5) is 0. The fourth-order valence-corrected chi connectivity index (χ4v) is 9.15. The fraction of sp³-hybridized carbons (Fsp3) is 0. The third kappa shape index (κ3) is 5.86. The van der Waals surface area contributed by atoms with Gasteiger partial charge in [-0.15, -0.1) is 0 Å². The Bertz CT molecular complexity index is 4020. The maximum absolute atomic E-state index is 9.80. The summed E-state index contributed by atoms with van der Waals surface area (Å²) in [6.07, 6.45) is 0. The van der Waals surface area contributed by atoms with Crippen LogP contribution in [0.15, 0.2) is 235 Å². The SMILES string of the molecule is [2H]c1c([2H])c(-c2cccc3ccc4oc5c([2H])c([2H])c([2H])c([2H])c5c4c23)c([2H])c([2H])c1-c1c2ccccc2c(-c2ccc(-c3cccc(-c4ccccc4)c3)c(-c3ccccc3)c2)c2ccccc12. The van der Waals surface area contributed by atoms with Crippen molar-refractivity contribution in [1.29, 1.82) is 0 Å². The van der Waals surface area contributed by atoms with Crippen molar-refractivity contribution in [3.05, 3.63) is 230 Å². The highest BCUT2D eigenvalue weighted by atomic mass is 16.3. The van der Waals surface area contributed by atoms with Crippen LogP contribution >= 0.6 is 0 Å². The largest absolute Gasteiger partial charge is 0.456 e. The molecule has 0 saturated heterocycles. The molecule has 12 aromatic rings. The van der Waals surface area contributed by atoms with E-state index in [0.717, 1.165) is 66.1 Å². The highest BCUT2D eigenvalue weighted by molar-refractivity contribution is 6.24. The van der Waals surface area contributed by atoms with E-state index in [2.05, 4.69) is 103 Å². The normalized spacial score (nSPS) is 13.4. The molecule has 284 valence electrons. The van der Waals surface area contributed by atoms with Crippen LogP contribution in [-0.2, 0) is 0 Å². The molecule has 0 radical (unpaired) electrons. The highest BCUT2D eigenvalue weighted by Gasteiger charge is 2.20. The van der Waals surface area contributed by atoms with Gasteiger partial charge in [0.15, 0.2) is 0 Å². The quantitative estimate of drug-likeness (QED) is 0.153. The Morgan fingerprint density at radius 3 is 1.61 bits per heavy atom. The van der Waals surface area contributed by atoms with Gasteiger partial charge in [-0.1, -0.05) is 206 Å². The van der Waals surface area contributed by atoms with Crippen molar-refractivity contribution < 1.29 is 15.4 Å². The van der Waals surface area contributed by atoms with Crippen molar-refractivity contribution in [1.82, 2.24) is 0 Å². The van der Waals surface area contributed by atoms with Crippen LogP contribution in [0, 0.1) is 0 Å². The van der Waals surface area contributed by atoms with Crippen LogP contribution in [0.2, 0.25) is 0 Å². The number of fused-ring (bicyclic) bond motifs is 7. The second-order valence-corrected chi connectivity index (χ2v) is 15.3. The standard InChI is InChI=1S/C60H38O/c1-3-15-39(16-4-1)44-20-13-21-45(37-44)47-35-33-46(38-54(47)40-17-5-2-6-18-40)58-51-24-9-7-22-49(51)57(50-23-8-10-25-52(50)58)43-31-29-41(30-32-43)48-27-14-19-42-34-36-56-60(59(42)48)53-26-11-12-28-55(53)61-56/h1-38H/i11D,12D,26D,28D,29D,30D,31D,32D. The molecule has 12 rings (SSSR count). The average molecular weight is 783 g/mol. The van der Waals surface area contributed by atoms with Gasteiger partial charge >= 0.3 is 0 Å². The maximum atomic E-state index is 9.80. The number of benzene rings is 11. The molecule has 1 heterocycles. The fourth-order valence-electron chi connectivity index (χ4n) is 9.15. The van der Waals surface area contributed by atoms with Gasteiger partial charge < -0.3 is 4.42 Å². The van der Waals surface area contributed by atoms with Crippen molar-refractivity contribution in [3.8, 4) is 66.8 Å². The molecular weight excluding hydrogens is 737 g/mol. The summed E-state index contributed by atoms with van der Waals surface area (Å²) in [7, 11) is 0. The lowest BCUT2D eigenvalue weighted by atomic mass is 9.84. The Labute approximate surface area is 365 Å². The number of furan rings is 1. The third-order valence-corrected chi connectivity index (χ3v) is 11.9. The first-order valence-electron chi connectivity index (χ1n) is 24.3. The summed E-state index contributed by atoms with van der Waals surface area (Å²) in [5, 5.41) is 5.18. The van der Waals surface area contributed by atoms with Crippen LogP contribution < -0.4 is 0 Å². The van der Waals surface area contributed by atoms with Crippen LogP contribution in [0.25, 0.3) is 121 Å². The Hall–Kier alpha value is -8.00. The lowest BCUT2D eigenvalue weighted by Crippen LogP contribution is -1.93. The minimum Gasteiger partial charge on any atom is -0.456 e. The van der Waals surface area contributed by atoms with E-state index in [0.29, 0.717) is 32.9 Å². The van der Waals surface area contributed by atoms with E-state index in [1.807, 2.05) is 60.7 Å². The molecule has 0 amide bonds. The number of hydrogen-bond donors (Lipinski definition) is 0. The predicted octanol–water partition coefficient (Wildman–Crippen LogP) is 17.0. The molecule has 0 bridgehead atoms. The lowest BCUT2D eigenvalue weighted by molar-refractivity contribution is 0.669. The molecular formula is C60H38O. The van der Waals surface area contributed by atoms with Gasteiger partial charge in [0.25, 0.3) is 0 Å². The van der Waals surface area contributed by atoms with Gasteiger partial charge in [0, 0.05) is 16.2 Å². The van der Waals surface area contributed by atoms with Crippen LogP contribution in [-0.4, -0.2) is 0 Å². The van der Waals surface area contributed by atoms with Crippen molar-refractivity contribution >= 4 is 54.3 Å². The molecule has 0 aliphatic carbocycles. The van der Waals surface area contributed by atoms with Crippen LogP contribution in [0.4, 0.5) is 0 Å². The lowest BCUT2D eigenvalue weighted by Gasteiger charge is -2.19. The first kappa shape index (κ1) is 27.6. The molecule has 0 aliphatic heterocycles. The Morgan fingerprint density at radius 2 is 0.885 bits per heavy atom. The molecule has 0 spiro atoms. The van der Waals surface area contributed by atoms with E-state index in [1.54, 1.807) is 18.2 Å². The molecule has 1 heteroatoms. The molecule has 0 N–H and O–H groups in total. The monoisotopic (exact) mass is 782 g/mol. The molecule has 0 unspecified atom stereocenters. The van der Waals surface area contributed by atoms with Gasteiger partial charge in [0.1, 0.15) is 11.2 Å².